The maximum atomic E-state index is 13.3. The molecule has 1 aromatic heterocycles. The topological polar surface area (TPSA) is 46.6 Å². The van der Waals surface area contributed by atoms with E-state index in [0.29, 0.717) is 5.56 Å². The Morgan fingerprint density at radius 2 is 1.92 bits per heavy atom. The van der Waals surface area contributed by atoms with Crippen LogP contribution in [0.3, 0.4) is 0 Å². The van der Waals surface area contributed by atoms with E-state index < -0.39 is 36.5 Å². The van der Waals surface area contributed by atoms with Crippen LogP contribution in [0.25, 0.3) is 5.57 Å². The summed E-state index contributed by atoms with van der Waals surface area (Å²) in [6, 6.07) is 1.51. The molecule has 2 heterocycles. The SMILES string of the molecule is CC(C)(C)OC(=O)N1CC(=O)C([B-](F)(F)F)=C(c2ccsc2)C1.[K+]. The van der Waals surface area contributed by atoms with E-state index in [2.05, 4.69) is 0 Å². The van der Waals surface area contributed by atoms with E-state index in [-0.39, 0.29) is 63.5 Å². The number of carbonyl (C=O) groups is 2. The third-order valence-corrected chi connectivity index (χ3v) is 3.84. The molecule has 0 saturated carbocycles. The van der Waals surface area contributed by atoms with Crippen LogP contribution in [0, 0.1) is 0 Å². The number of nitrogens with zero attached hydrogens (tertiary/aromatic N) is 1. The van der Waals surface area contributed by atoms with E-state index in [1.165, 1.54) is 22.8 Å². The van der Waals surface area contributed by atoms with Gasteiger partial charge in [0.2, 0.25) is 0 Å². The number of amides is 1. The Morgan fingerprint density at radius 3 is 2.38 bits per heavy atom. The molecule has 0 N–H and O–H groups in total. The van der Waals surface area contributed by atoms with Gasteiger partial charge in [0.25, 0.3) is 0 Å². The summed E-state index contributed by atoms with van der Waals surface area (Å²) in [6.45, 7) is -1.42. The molecule has 0 unspecified atom stereocenters. The third-order valence-electron chi connectivity index (χ3n) is 3.16. The smallest absolute Gasteiger partial charge is 0.445 e. The first-order chi connectivity index (χ1) is 10.5. The molecule has 1 aromatic rings. The van der Waals surface area contributed by atoms with Gasteiger partial charge in [-0.05, 0) is 48.7 Å². The van der Waals surface area contributed by atoms with Gasteiger partial charge < -0.3 is 17.7 Å². The average Bonchev–Trinajstić information content (AvgIpc) is 2.87. The van der Waals surface area contributed by atoms with Gasteiger partial charge in [0.15, 0.2) is 0 Å². The van der Waals surface area contributed by atoms with Crippen LogP contribution in [0.2, 0.25) is 0 Å². The molecule has 1 aliphatic heterocycles. The number of rotatable bonds is 2. The van der Waals surface area contributed by atoms with Gasteiger partial charge in [0.05, 0.1) is 6.54 Å². The first-order valence-electron chi connectivity index (χ1n) is 6.96. The number of ether oxygens (including phenoxy) is 1. The van der Waals surface area contributed by atoms with Crippen molar-refractivity contribution < 1.29 is 78.7 Å². The van der Waals surface area contributed by atoms with Crippen molar-refractivity contribution >= 4 is 35.8 Å². The minimum Gasteiger partial charge on any atom is -0.445 e. The molecule has 126 valence electrons. The second kappa shape index (κ2) is 8.05. The fraction of sp³-hybridized carbons (Fsp3) is 0.429. The molecule has 1 aliphatic rings. The van der Waals surface area contributed by atoms with Crippen molar-refractivity contribution in [1.29, 1.82) is 0 Å². The van der Waals surface area contributed by atoms with Crippen LogP contribution in [0.5, 0.6) is 0 Å². The molecular weight excluding hydrogens is 369 g/mol. The molecule has 0 aliphatic carbocycles. The Morgan fingerprint density at radius 1 is 1.29 bits per heavy atom. The zero-order valence-corrected chi connectivity index (χ0v) is 17.9. The summed E-state index contributed by atoms with van der Waals surface area (Å²) in [6.07, 6.45) is -0.799. The molecule has 24 heavy (non-hydrogen) atoms. The number of ketones is 1. The summed E-state index contributed by atoms with van der Waals surface area (Å²) >= 11 is 1.23. The minimum absolute atomic E-state index is 0. The average molecular weight is 385 g/mol. The summed E-state index contributed by atoms with van der Waals surface area (Å²) in [5, 5.41) is 3.16. The molecule has 0 saturated heterocycles. The molecular formula is C14H16BF3KNO3S. The Hall–Kier alpha value is -0.129. The monoisotopic (exact) mass is 385 g/mol. The van der Waals surface area contributed by atoms with Crippen molar-refractivity contribution in [3.05, 3.63) is 27.9 Å². The van der Waals surface area contributed by atoms with Crippen molar-refractivity contribution in [2.75, 3.05) is 13.1 Å². The van der Waals surface area contributed by atoms with Crippen LogP contribution in [-0.4, -0.2) is 42.4 Å². The first-order valence-corrected chi connectivity index (χ1v) is 7.90. The van der Waals surface area contributed by atoms with Gasteiger partial charge in [-0.25, -0.2) is 4.79 Å². The Labute approximate surface area is 184 Å². The predicted octanol–water partition coefficient (Wildman–Crippen LogP) is 0.712. The van der Waals surface area contributed by atoms with Crippen molar-refractivity contribution in [1.82, 2.24) is 4.90 Å². The molecule has 2 rings (SSSR count). The number of Topliss-reactive ketones (excluding diaryl/α,β-unsaturated/α-hetero) is 1. The van der Waals surface area contributed by atoms with Gasteiger partial charge in [-0.1, -0.05) is 5.47 Å². The van der Waals surface area contributed by atoms with Crippen LogP contribution in [0.4, 0.5) is 17.7 Å². The summed E-state index contributed by atoms with van der Waals surface area (Å²) in [7, 11) is 0. The van der Waals surface area contributed by atoms with Gasteiger partial charge in [0.1, 0.15) is 11.4 Å². The van der Waals surface area contributed by atoms with E-state index in [0.717, 1.165) is 4.90 Å². The standard InChI is InChI=1S/C14H16BF3NO3S.K/c1-14(2,3)22-13(21)19-6-10(9-4-5-23-8-9)12(11(20)7-19)15(16,17)18;/h4-5,8H,6-7H2,1-3H3;/q-1;+1. The number of thiophene rings is 1. The van der Waals surface area contributed by atoms with Crippen LogP contribution < -0.4 is 51.4 Å². The minimum atomic E-state index is -5.45. The van der Waals surface area contributed by atoms with Gasteiger partial charge >= 0.3 is 64.5 Å². The second-order valence-electron chi connectivity index (χ2n) is 6.24. The Bertz CT molecular complexity index is 653. The third kappa shape index (κ3) is 5.43. The van der Waals surface area contributed by atoms with E-state index in [9.17, 15) is 22.5 Å². The molecule has 0 spiro atoms. The van der Waals surface area contributed by atoms with Gasteiger partial charge in [0, 0.05) is 6.54 Å². The van der Waals surface area contributed by atoms with E-state index >= 15 is 0 Å². The zero-order chi connectivity index (χ0) is 17.4. The molecule has 0 aromatic carbocycles. The maximum absolute atomic E-state index is 13.3. The van der Waals surface area contributed by atoms with Crippen molar-refractivity contribution in [3.63, 3.8) is 0 Å². The van der Waals surface area contributed by atoms with E-state index in [4.69, 9.17) is 4.74 Å². The fourth-order valence-corrected chi connectivity index (χ4v) is 2.95. The van der Waals surface area contributed by atoms with Crippen molar-refractivity contribution in [2.45, 2.75) is 26.4 Å². The van der Waals surface area contributed by atoms with Crippen LogP contribution in [-0.2, 0) is 9.53 Å². The van der Waals surface area contributed by atoms with Crippen LogP contribution >= 0.6 is 11.3 Å². The molecule has 10 heteroatoms. The first kappa shape index (κ1) is 21.9. The largest absolute Gasteiger partial charge is 1.00 e. The number of hydrogen-bond acceptors (Lipinski definition) is 4. The molecule has 0 radical (unpaired) electrons. The van der Waals surface area contributed by atoms with Crippen LogP contribution in [0.15, 0.2) is 22.3 Å². The quantitative estimate of drug-likeness (QED) is 0.705. The van der Waals surface area contributed by atoms with Crippen molar-refractivity contribution in [2.24, 2.45) is 0 Å². The normalized spacial score (nSPS) is 16.1. The molecule has 4 nitrogen and oxygen atoms in total. The Balaban J connectivity index is 0.00000288. The van der Waals surface area contributed by atoms with Gasteiger partial charge in [-0.3, -0.25) is 9.69 Å². The van der Waals surface area contributed by atoms with Crippen molar-refractivity contribution in [3.8, 4) is 0 Å². The summed E-state index contributed by atoms with van der Waals surface area (Å²) in [4.78, 5) is 25.1. The van der Waals surface area contributed by atoms with E-state index in [1.807, 2.05) is 0 Å². The Kier molecular flexibility index (Phi) is 7.35. The van der Waals surface area contributed by atoms with Gasteiger partial charge in [-0.15, -0.1) is 0 Å². The second-order valence-corrected chi connectivity index (χ2v) is 7.02. The zero-order valence-electron chi connectivity index (χ0n) is 13.9. The fourth-order valence-electron chi connectivity index (χ4n) is 2.28. The predicted molar refractivity (Wildman–Crippen MR) is 83.1 cm³/mol. The summed E-state index contributed by atoms with van der Waals surface area (Å²) in [5.41, 5.74) is -1.77. The van der Waals surface area contributed by atoms with Crippen LogP contribution in [0.1, 0.15) is 26.3 Å². The maximum Gasteiger partial charge on any atom is 1.00 e. The molecule has 1 amide bonds. The molecule has 0 fully saturated rings. The summed E-state index contributed by atoms with van der Waals surface area (Å²) < 4.78 is 45.0. The number of carbonyl (C=O) groups excluding carboxylic acids is 2. The number of halogens is 3. The summed E-state index contributed by atoms with van der Waals surface area (Å²) in [5.74, 6) is -1.10. The van der Waals surface area contributed by atoms with Gasteiger partial charge in [-0.2, -0.15) is 11.3 Å². The molecule has 0 atom stereocenters. The van der Waals surface area contributed by atoms with E-state index in [1.54, 1.807) is 26.2 Å². The number of hydrogen-bond donors (Lipinski definition) is 0. The molecule has 0 bridgehead atoms.